The van der Waals surface area contributed by atoms with Crippen LogP contribution in [0.5, 0.6) is 11.5 Å². The SMILES string of the molecule is Cc1ccccc1NC(=O)c1cc(Cl)c2c(c1)OCCO2. The van der Waals surface area contributed by atoms with E-state index in [0.717, 1.165) is 11.3 Å². The maximum atomic E-state index is 12.3. The van der Waals surface area contributed by atoms with Crippen molar-refractivity contribution in [2.24, 2.45) is 0 Å². The first kappa shape index (κ1) is 13.8. The van der Waals surface area contributed by atoms with Crippen LogP contribution in [0.25, 0.3) is 0 Å². The summed E-state index contributed by atoms with van der Waals surface area (Å²) in [7, 11) is 0. The largest absolute Gasteiger partial charge is 0.486 e. The number of ether oxygens (including phenoxy) is 2. The van der Waals surface area contributed by atoms with E-state index in [9.17, 15) is 4.79 Å². The number of rotatable bonds is 2. The highest BCUT2D eigenvalue weighted by Crippen LogP contribution is 2.38. The van der Waals surface area contributed by atoms with Gasteiger partial charge in [0.05, 0.1) is 5.02 Å². The van der Waals surface area contributed by atoms with Crippen molar-refractivity contribution < 1.29 is 14.3 Å². The van der Waals surface area contributed by atoms with Crippen molar-refractivity contribution in [1.82, 2.24) is 0 Å². The Morgan fingerprint density at radius 1 is 1.19 bits per heavy atom. The Kier molecular flexibility index (Phi) is 3.71. The molecule has 108 valence electrons. The van der Waals surface area contributed by atoms with Gasteiger partial charge in [-0.05, 0) is 30.7 Å². The van der Waals surface area contributed by atoms with Crippen molar-refractivity contribution in [2.45, 2.75) is 6.92 Å². The summed E-state index contributed by atoms with van der Waals surface area (Å²) >= 11 is 6.14. The zero-order valence-corrected chi connectivity index (χ0v) is 12.2. The molecule has 2 aromatic rings. The van der Waals surface area contributed by atoms with E-state index in [4.69, 9.17) is 21.1 Å². The minimum Gasteiger partial charge on any atom is -0.486 e. The predicted octanol–water partition coefficient (Wildman–Crippen LogP) is 3.67. The second-order valence-electron chi connectivity index (χ2n) is 4.75. The van der Waals surface area contributed by atoms with Crippen LogP contribution in [-0.4, -0.2) is 19.1 Å². The normalized spacial score (nSPS) is 12.9. The summed E-state index contributed by atoms with van der Waals surface area (Å²) < 4.78 is 10.9. The molecule has 1 aliphatic rings. The molecular weight excluding hydrogens is 290 g/mol. The molecule has 21 heavy (non-hydrogen) atoms. The van der Waals surface area contributed by atoms with Crippen LogP contribution in [0.15, 0.2) is 36.4 Å². The molecule has 0 aromatic heterocycles. The molecule has 0 fully saturated rings. The molecule has 0 atom stereocenters. The first-order valence-electron chi connectivity index (χ1n) is 6.61. The number of hydrogen-bond acceptors (Lipinski definition) is 3. The fourth-order valence-electron chi connectivity index (χ4n) is 2.15. The lowest BCUT2D eigenvalue weighted by Crippen LogP contribution is -2.18. The summed E-state index contributed by atoms with van der Waals surface area (Å²) in [6, 6.07) is 10.8. The Balaban J connectivity index is 1.88. The molecule has 1 amide bonds. The number of nitrogens with one attached hydrogen (secondary N) is 1. The van der Waals surface area contributed by atoms with Gasteiger partial charge in [-0.15, -0.1) is 0 Å². The molecule has 2 aromatic carbocycles. The summed E-state index contributed by atoms with van der Waals surface area (Å²) in [5, 5.41) is 3.24. The van der Waals surface area contributed by atoms with Crippen molar-refractivity contribution in [2.75, 3.05) is 18.5 Å². The van der Waals surface area contributed by atoms with Crippen LogP contribution in [-0.2, 0) is 0 Å². The number of aryl methyl sites for hydroxylation is 1. The highest BCUT2D eigenvalue weighted by molar-refractivity contribution is 6.32. The first-order chi connectivity index (χ1) is 10.1. The van der Waals surface area contributed by atoms with Gasteiger partial charge < -0.3 is 14.8 Å². The van der Waals surface area contributed by atoms with E-state index in [1.807, 2.05) is 31.2 Å². The van der Waals surface area contributed by atoms with Gasteiger partial charge in [0.2, 0.25) is 0 Å². The Bertz CT molecular complexity index is 700. The zero-order chi connectivity index (χ0) is 14.8. The third-order valence-electron chi connectivity index (χ3n) is 3.25. The highest BCUT2D eigenvalue weighted by Gasteiger charge is 2.19. The van der Waals surface area contributed by atoms with Crippen LogP contribution in [0.1, 0.15) is 15.9 Å². The molecule has 0 unspecified atom stereocenters. The summed E-state index contributed by atoms with van der Waals surface area (Å²) in [5.41, 5.74) is 2.20. The number of fused-ring (bicyclic) bond motifs is 1. The lowest BCUT2D eigenvalue weighted by atomic mass is 10.1. The number of carbonyl (C=O) groups is 1. The average molecular weight is 304 g/mol. The summed E-state index contributed by atoms with van der Waals surface area (Å²) in [5.74, 6) is 0.766. The number of carbonyl (C=O) groups excluding carboxylic acids is 1. The second kappa shape index (κ2) is 5.66. The Labute approximate surface area is 127 Å². The molecule has 0 saturated carbocycles. The Morgan fingerprint density at radius 2 is 1.95 bits per heavy atom. The maximum absolute atomic E-state index is 12.3. The van der Waals surface area contributed by atoms with Gasteiger partial charge in [0.25, 0.3) is 5.91 Å². The molecule has 5 heteroatoms. The monoisotopic (exact) mass is 303 g/mol. The first-order valence-corrected chi connectivity index (χ1v) is 6.99. The molecule has 0 saturated heterocycles. The van der Waals surface area contributed by atoms with Gasteiger partial charge in [-0.2, -0.15) is 0 Å². The average Bonchev–Trinajstić information content (AvgIpc) is 2.49. The third kappa shape index (κ3) is 2.81. The van der Waals surface area contributed by atoms with Gasteiger partial charge in [0.1, 0.15) is 13.2 Å². The van der Waals surface area contributed by atoms with Gasteiger partial charge in [-0.3, -0.25) is 4.79 Å². The third-order valence-corrected chi connectivity index (χ3v) is 3.53. The van der Waals surface area contributed by atoms with Crippen LogP contribution < -0.4 is 14.8 Å². The summed E-state index contributed by atoms with van der Waals surface area (Å²) in [4.78, 5) is 12.3. The highest BCUT2D eigenvalue weighted by atomic mass is 35.5. The van der Waals surface area contributed by atoms with Gasteiger partial charge in [-0.25, -0.2) is 0 Å². The van der Waals surface area contributed by atoms with Crippen LogP contribution in [0, 0.1) is 6.92 Å². The van der Waals surface area contributed by atoms with E-state index in [1.54, 1.807) is 12.1 Å². The van der Waals surface area contributed by atoms with E-state index in [-0.39, 0.29) is 5.91 Å². The van der Waals surface area contributed by atoms with Gasteiger partial charge in [0, 0.05) is 11.3 Å². The van der Waals surface area contributed by atoms with Crippen LogP contribution in [0.2, 0.25) is 5.02 Å². The molecular formula is C16H14ClNO3. The fourth-order valence-corrected chi connectivity index (χ4v) is 2.41. The van der Waals surface area contributed by atoms with Crippen molar-refractivity contribution >= 4 is 23.2 Å². The van der Waals surface area contributed by atoms with E-state index in [2.05, 4.69) is 5.32 Å². The molecule has 1 N–H and O–H groups in total. The quantitative estimate of drug-likeness (QED) is 0.921. The molecule has 3 rings (SSSR count). The van der Waals surface area contributed by atoms with Crippen LogP contribution >= 0.6 is 11.6 Å². The van der Waals surface area contributed by atoms with Crippen LogP contribution in [0.3, 0.4) is 0 Å². The molecule has 1 heterocycles. The standard InChI is InChI=1S/C16H14ClNO3/c1-10-4-2-3-5-13(10)18-16(19)11-8-12(17)15-14(9-11)20-6-7-21-15/h2-5,8-9H,6-7H2,1H3,(H,18,19). The molecule has 1 aliphatic heterocycles. The molecule has 0 spiro atoms. The van der Waals surface area contributed by atoms with E-state index in [1.165, 1.54) is 0 Å². The number of hydrogen-bond donors (Lipinski definition) is 1. The van der Waals surface area contributed by atoms with Crippen molar-refractivity contribution in [3.63, 3.8) is 0 Å². The zero-order valence-electron chi connectivity index (χ0n) is 11.5. The lowest BCUT2D eigenvalue weighted by Gasteiger charge is -2.20. The topological polar surface area (TPSA) is 47.6 Å². The van der Waals surface area contributed by atoms with Gasteiger partial charge in [0.15, 0.2) is 11.5 Å². The van der Waals surface area contributed by atoms with E-state index >= 15 is 0 Å². The lowest BCUT2D eigenvalue weighted by molar-refractivity contribution is 0.102. The number of para-hydroxylation sites is 1. The number of anilines is 1. The van der Waals surface area contributed by atoms with E-state index in [0.29, 0.717) is 35.3 Å². The van der Waals surface area contributed by atoms with Gasteiger partial charge >= 0.3 is 0 Å². The number of halogens is 1. The number of amides is 1. The number of benzene rings is 2. The molecule has 0 aliphatic carbocycles. The Morgan fingerprint density at radius 3 is 2.76 bits per heavy atom. The maximum Gasteiger partial charge on any atom is 0.255 e. The minimum absolute atomic E-state index is 0.233. The summed E-state index contributed by atoms with van der Waals surface area (Å²) in [6.45, 7) is 2.85. The van der Waals surface area contributed by atoms with Crippen molar-refractivity contribution in [1.29, 1.82) is 0 Å². The summed E-state index contributed by atoms with van der Waals surface area (Å²) in [6.07, 6.45) is 0. The molecule has 4 nitrogen and oxygen atoms in total. The minimum atomic E-state index is -0.233. The molecule has 0 radical (unpaired) electrons. The van der Waals surface area contributed by atoms with Crippen LogP contribution in [0.4, 0.5) is 5.69 Å². The fraction of sp³-hybridized carbons (Fsp3) is 0.188. The van der Waals surface area contributed by atoms with Gasteiger partial charge in [-0.1, -0.05) is 29.8 Å². The van der Waals surface area contributed by atoms with Crippen molar-refractivity contribution in [3.8, 4) is 11.5 Å². The smallest absolute Gasteiger partial charge is 0.255 e. The molecule has 0 bridgehead atoms. The second-order valence-corrected chi connectivity index (χ2v) is 5.16. The Hall–Kier alpha value is -2.20. The van der Waals surface area contributed by atoms with E-state index < -0.39 is 0 Å². The predicted molar refractivity (Wildman–Crippen MR) is 81.6 cm³/mol. The van der Waals surface area contributed by atoms with Crippen molar-refractivity contribution in [3.05, 3.63) is 52.5 Å².